The standard InChI is InChI=1S/C16H21N5O4/c1-2-12-18-15(20-19-12)11-8-21(5-7-24-11)16(22)13-14(25-9-17-13)10-4-3-6-23-10/h9-11H,2-8H2,1H3,(H,18,19,20). The minimum Gasteiger partial charge on any atom is -0.445 e. The highest BCUT2D eigenvalue weighted by Crippen LogP contribution is 2.31. The summed E-state index contributed by atoms with van der Waals surface area (Å²) in [7, 11) is 0. The van der Waals surface area contributed by atoms with E-state index >= 15 is 0 Å². The number of H-pyrrole nitrogens is 1. The maximum atomic E-state index is 12.9. The molecule has 2 aromatic rings. The van der Waals surface area contributed by atoms with Crippen molar-refractivity contribution in [3.8, 4) is 0 Å². The van der Waals surface area contributed by atoms with Crippen LogP contribution in [-0.4, -0.2) is 57.3 Å². The van der Waals surface area contributed by atoms with E-state index in [1.807, 2.05) is 6.92 Å². The third-order valence-electron chi connectivity index (χ3n) is 4.55. The Labute approximate surface area is 144 Å². The van der Waals surface area contributed by atoms with Gasteiger partial charge in [0.15, 0.2) is 23.7 Å². The molecule has 0 aromatic carbocycles. The van der Waals surface area contributed by atoms with Gasteiger partial charge in [0.05, 0.1) is 13.2 Å². The zero-order chi connectivity index (χ0) is 17.2. The van der Waals surface area contributed by atoms with E-state index in [0.29, 0.717) is 43.6 Å². The number of rotatable bonds is 4. The van der Waals surface area contributed by atoms with E-state index in [-0.39, 0.29) is 18.1 Å². The molecule has 25 heavy (non-hydrogen) atoms. The van der Waals surface area contributed by atoms with Crippen LogP contribution in [0.4, 0.5) is 0 Å². The topological polar surface area (TPSA) is 106 Å². The molecule has 134 valence electrons. The van der Waals surface area contributed by atoms with Gasteiger partial charge in [0.25, 0.3) is 5.91 Å². The summed E-state index contributed by atoms with van der Waals surface area (Å²) in [5, 5.41) is 7.08. The van der Waals surface area contributed by atoms with E-state index in [1.165, 1.54) is 6.39 Å². The van der Waals surface area contributed by atoms with E-state index in [1.54, 1.807) is 4.90 Å². The van der Waals surface area contributed by atoms with Gasteiger partial charge in [0.2, 0.25) is 0 Å². The molecule has 2 aliphatic rings. The molecule has 2 fully saturated rings. The Kier molecular flexibility index (Phi) is 4.50. The van der Waals surface area contributed by atoms with Crippen LogP contribution < -0.4 is 0 Å². The normalized spacial score (nSPS) is 24.0. The predicted molar refractivity (Wildman–Crippen MR) is 84.8 cm³/mol. The van der Waals surface area contributed by atoms with Gasteiger partial charge in [-0.1, -0.05) is 6.92 Å². The number of aryl methyl sites for hydroxylation is 1. The first-order valence-corrected chi connectivity index (χ1v) is 8.63. The van der Waals surface area contributed by atoms with Gasteiger partial charge < -0.3 is 18.8 Å². The molecule has 1 N–H and O–H groups in total. The van der Waals surface area contributed by atoms with Crippen molar-refractivity contribution in [2.24, 2.45) is 0 Å². The molecule has 2 aromatic heterocycles. The number of aromatic amines is 1. The first-order valence-electron chi connectivity index (χ1n) is 8.63. The molecule has 2 atom stereocenters. The molecule has 4 heterocycles. The molecule has 0 saturated carbocycles. The van der Waals surface area contributed by atoms with Gasteiger partial charge >= 0.3 is 0 Å². The summed E-state index contributed by atoms with van der Waals surface area (Å²) in [6, 6.07) is 0. The Morgan fingerprint density at radius 2 is 2.24 bits per heavy atom. The van der Waals surface area contributed by atoms with Gasteiger partial charge in [0.1, 0.15) is 18.0 Å². The fourth-order valence-electron chi connectivity index (χ4n) is 3.18. The van der Waals surface area contributed by atoms with E-state index in [4.69, 9.17) is 13.9 Å². The monoisotopic (exact) mass is 347 g/mol. The molecule has 0 radical (unpaired) electrons. The third kappa shape index (κ3) is 3.16. The third-order valence-corrected chi connectivity index (χ3v) is 4.55. The molecule has 9 nitrogen and oxygen atoms in total. The highest BCUT2D eigenvalue weighted by Gasteiger charge is 2.34. The van der Waals surface area contributed by atoms with Crippen molar-refractivity contribution in [3.63, 3.8) is 0 Å². The largest absolute Gasteiger partial charge is 0.445 e. The first kappa shape index (κ1) is 16.2. The van der Waals surface area contributed by atoms with Crippen molar-refractivity contribution in [2.75, 3.05) is 26.3 Å². The molecule has 0 bridgehead atoms. The first-order chi connectivity index (χ1) is 12.3. The number of nitrogens with zero attached hydrogens (tertiary/aromatic N) is 4. The van der Waals surface area contributed by atoms with Crippen molar-refractivity contribution in [3.05, 3.63) is 29.5 Å². The lowest BCUT2D eigenvalue weighted by Crippen LogP contribution is -2.43. The minimum atomic E-state index is -0.340. The minimum absolute atomic E-state index is 0.168. The van der Waals surface area contributed by atoms with Crippen LogP contribution in [0.5, 0.6) is 0 Å². The molecule has 9 heteroatoms. The second-order valence-electron chi connectivity index (χ2n) is 6.17. The number of hydrogen-bond donors (Lipinski definition) is 1. The van der Waals surface area contributed by atoms with E-state index in [2.05, 4.69) is 20.2 Å². The summed E-state index contributed by atoms with van der Waals surface area (Å²) >= 11 is 0. The van der Waals surface area contributed by atoms with Gasteiger partial charge in [-0.25, -0.2) is 9.97 Å². The lowest BCUT2D eigenvalue weighted by Gasteiger charge is -2.31. The Morgan fingerprint density at radius 3 is 3.00 bits per heavy atom. The molecule has 1 amide bonds. The second-order valence-corrected chi connectivity index (χ2v) is 6.17. The van der Waals surface area contributed by atoms with Crippen LogP contribution in [0.2, 0.25) is 0 Å². The van der Waals surface area contributed by atoms with Crippen molar-refractivity contribution < 1.29 is 18.7 Å². The summed E-state index contributed by atoms with van der Waals surface area (Å²) < 4.78 is 16.8. The van der Waals surface area contributed by atoms with Gasteiger partial charge in [-0.3, -0.25) is 9.89 Å². The van der Waals surface area contributed by atoms with Gasteiger partial charge in [0, 0.05) is 19.6 Å². The maximum absolute atomic E-state index is 12.9. The smallest absolute Gasteiger partial charge is 0.276 e. The lowest BCUT2D eigenvalue weighted by atomic mass is 10.1. The maximum Gasteiger partial charge on any atom is 0.276 e. The van der Waals surface area contributed by atoms with Crippen LogP contribution in [0.1, 0.15) is 59.9 Å². The number of nitrogens with one attached hydrogen (secondary N) is 1. The number of carbonyl (C=O) groups excluding carboxylic acids is 1. The quantitative estimate of drug-likeness (QED) is 0.891. The summed E-state index contributed by atoms with van der Waals surface area (Å²) in [4.78, 5) is 23.2. The van der Waals surface area contributed by atoms with Crippen LogP contribution >= 0.6 is 0 Å². The second kappa shape index (κ2) is 6.93. The highest BCUT2D eigenvalue weighted by molar-refractivity contribution is 5.93. The van der Waals surface area contributed by atoms with Gasteiger partial charge in [-0.05, 0) is 12.8 Å². The molecule has 2 unspecified atom stereocenters. The Morgan fingerprint density at radius 1 is 1.36 bits per heavy atom. The highest BCUT2D eigenvalue weighted by atomic mass is 16.5. The Hall–Kier alpha value is -2.26. The number of amides is 1. The summed E-state index contributed by atoms with van der Waals surface area (Å²) in [6.45, 7) is 4.00. The van der Waals surface area contributed by atoms with Gasteiger partial charge in [-0.15, -0.1) is 0 Å². The van der Waals surface area contributed by atoms with Crippen molar-refractivity contribution >= 4 is 5.91 Å². The van der Waals surface area contributed by atoms with Crippen molar-refractivity contribution in [1.82, 2.24) is 25.1 Å². The summed E-state index contributed by atoms with van der Waals surface area (Å²) in [6.07, 6.45) is 3.36. The molecular weight excluding hydrogens is 326 g/mol. The number of aromatic nitrogens is 4. The molecule has 2 aliphatic heterocycles. The van der Waals surface area contributed by atoms with Crippen molar-refractivity contribution in [1.29, 1.82) is 0 Å². The SMILES string of the molecule is CCc1nc(C2CN(C(=O)c3ncoc3C3CCCO3)CCO2)n[nH]1. The number of hydrogen-bond acceptors (Lipinski definition) is 7. The van der Waals surface area contributed by atoms with E-state index in [0.717, 1.165) is 25.1 Å². The van der Waals surface area contributed by atoms with Crippen LogP contribution in [0.15, 0.2) is 10.8 Å². The lowest BCUT2D eigenvalue weighted by molar-refractivity contribution is -0.0270. The fraction of sp³-hybridized carbons (Fsp3) is 0.625. The van der Waals surface area contributed by atoms with Crippen LogP contribution in [-0.2, 0) is 15.9 Å². The Balaban J connectivity index is 1.49. The average molecular weight is 347 g/mol. The zero-order valence-electron chi connectivity index (χ0n) is 14.1. The molecule has 2 saturated heterocycles. The summed E-state index contributed by atoms with van der Waals surface area (Å²) in [5.41, 5.74) is 0.330. The van der Waals surface area contributed by atoms with E-state index in [9.17, 15) is 4.79 Å². The molecular formula is C16H21N5O4. The molecule has 0 spiro atoms. The van der Waals surface area contributed by atoms with Gasteiger partial charge in [-0.2, -0.15) is 5.10 Å². The van der Waals surface area contributed by atoms with Crippen LogP contribution in [0, 0.1) is 0 Å². The molecule has 0 aliphatic carbocycles. The van der Waals surface area contributed by atoms with Crippen molar-refractivity contribution in [2.45, 2.75) is 38.4 Å². The molecule has 4 rings (SSSR count). The fourth-order valence-corrected chi connectivity index (χ4v) is 3.18. The zero-order valence-corrected chi connectivity index (χ0v) is 14.1. The predicted octanol–water partition coefficient (Wildman–Crippen LogP) is 1.42. The Bertz CT molecular complexity index is 736. The average Bonchev–Trinajstić information content (AvgIpc) is 3.41. The van der Waals surface area contributed by atoms with E-state index < -0.39 is 0 Å². The summed E-state index contributed by atoms with van der Waals surface area (Å²) in [5.74, 6) is 1.74. The number of ether oxygens (including phenoxy) is 2. The van der Waals surface area contributed by atoms with Crippen LogP contribution in [0.3, 0.4) is 0 Å². The van der Waals surface area contributed by atoms with Crippen LogP contribution in [0.25, 0.3) is 0 Å². The number of carbonyl (C=O) groups is 1. The number of oxazole rings is 1. The number of morpholine rings is 1.